The first kappa shape index (κ1) is 11.6. The quantitative estimate of drug-likeness (QED) is 0.617. The van der Waals surface area contributed by atoms with Crippen molar-refractivity contribution in [3.05, 3.63) is 26.6 Å². The number of pyridine rings is 1. The van der Waals surface area contributed by atoms with E-state index in [1.807, 2.05) is 0 Å². The van der Waals surface area contributed by atoms with Gasteiger partial charge in [-0.05, 0) is 28.7 Å². The van der Waals surface area contributed by atoms with Crippen LogP contribution in [0.3, 0.4) is 0 Å². The molecule has 0 saturated heterocycles. The Labute approximate surface area is 98.0 Å². The summed E-state index contributed by atoms with van der Waals surface area (Å²) in [7, 11) is 0. The Morgan fingerprint density at radius 2 is 2.29 bits per heavy atom. The minimum Gasteiger partial charge on any atom is -0.240 e. The van der Waals surface area contributed by atoms with E-state index in [2.05, 4.69) is 4.98 Å². The molecule has 0 aliphatic carbocycles. The summed E-state index contributed by atoms with van der Waals surface area (Å²) in [5.41, 5.74) is 0.103. The van der Waals surface area contributed by atoms with Crippen LogP contribution in [-0.2, 0) is 5.88 Å². The molecule has 0 aromatic carbocycles. The van der Waals surface area contributed by atoms with E-state index in [1.165, 1.54) is 0 Å². The third kappa shape index (κ3) is 2.30. The van der Waals surface area contributed by atoms with Crippen molar-refractivity contribution in [1.29, 1.82) is 5.26 Å². The molecule has 6 heteroatoms. The molecule has 0 saturated carbocycles. The normalized spacial score (nSPS) is 10.3. The first-order chi connectivity index (χ1) is 6.60. The molecule has 74 valence electrons. The average Bonchev–Trinajstić information content (AvgIpc) is 2.17. The van der Waals surface area contributed by atoms with Crippen molar-refractivity contribution < 1.29 is 8.78 Å². The van der Waals surface area contributed by atoms with Gasteiger partial charge in [-0.3, -0.25) is 0 Å². The fraction of sp³-hybridized carbons (Fsp3) is 0.250. The second-order valence-corrected chi connectivity index (χ2v) is 3.75. The highest BCUT2D eigenvalue weighted by Crippen LogP contribution is 2.27. The Bertz CT molecular complexity index is 390. The Morgan fingerprint density at radius 3 is 2.71 bits per heavy atom. The lowest BCUT2D eigenvalue weighted by atomic mass is 10.2. The van der Waals surface area contributed by atoms with Crippen molar-refractivity contribution in [1.82, 2.24) is 4.98 Å². The first-order valence-corrected chi connectivity index (χ1v) is 5.15. The van der Waals surface area contributed by atoms with Crippen LogP contribution in [0.5, 0.6) is 0 Å². The third-order valence-corrected chi connectivity index (χ3v) is 3.03. The van der Waals surface area contributed by atoms with Crippen LogP contribution in [0.25, 0.3) is 0 Å². The van der Waals surface area contributed by atoms with E-state index < -0.39 is 6.43 Å². The number of nitrogens with zero attached hydrogens (tertiary/aromatic N) is 2. The van der Waals surface area contributed by atoms with Gasteiger partial charge in [-0.15, -0.1) is 11.6 Å². The Morgan fingerprint density at radius 1 is 1.64 bits per heavy atom. The van der Waals surface area contributed by atoms with Crippen LogP contribution in [0.4, 0.5) is 8.78 Å². The monoisotopic (exact) mass is 328 g/mol. The zero-order valence-corrected chi connectivity index (χ0v) is 9.68. The standard InChI is InChI=1S/C8H4ClF2IN2/c9-2-6-7(12)5(8(10)11)1-4(3-13)14-6/h1,8H,2H2. The third-order valence-electron chi connectivity index (χ3n) is 1.53. The molecule has 1 heterocycles. The summed E-state index contributed by atoms with van der Waals surface area (Å²) in [6.45, 7) is 0. The van der Waals surface area contributed by atoms with Crippen LogP contribution in [0.1, 0.15) is 23.4 Å². The number of hydrogen-bond donors (Lipinski definition) is 0. The number of rotatable bonds is 2. The van der Waals surface area contributed by atoms with Crippen molar-refractivity contribution in [2.45, 2.75) is 12.3 Å². The number of nitriles is 1. The summed E-state index contributed by atoms with van der Waals surface area (Å²) in [5, 5.41) is 8.55. The lowest BCUT2D eigenvalue weighted by Crippen LogP contribution is -2.00. The molecule has 0 bridgehead atoms. The molecule has 0 radical (unpaired) electrons. The number of hydrogen-bond acceptors (Lipinski definition) is 2. The van der Waals surface area contributed by atoms with Gasteiger partial charge in [-0.2, -0.15) is 5.26 Å². The molecule has 1 aromatic heterocycles. The fourth-order valence-electron chi connectivity index (χ4n) is 0.909. The Balaban J connectivity index is 3.36. The summed E-state index contributed by atoms with van der Waals surface area (Å²) >= 11 is 7.27. The van der Waals surface area contributed by atoms with Gasteiger partial charge in [0, 0.05) is 9.13 Å². The summed E-state index contributed by atoms with van der Waals surface area (Å²) in [6, 6.07) is 2.80. The molecule has 14 heavy (non-hydrogen) atoms. The lowest BCUT2D eigenvalue weighted by Gasteiger charge is -2.06. The van der Waals surface area contributed by atoms with Crippen LogP contribution in [0.15, 0.2) is 6.07 Å². The van der Waals surface area contributed by atoms with Crippen molar-refractivity contribution >= 4 is 34.2 Å². The number of aromatic nitrogens is 1. The van der Waals surface area contributed by atoms with Crippen molar-refractivity contribution in [2.75, 3.05) is 0 Å². The average molecular weight is 328 g/mol. The molecule has 0 amide bonds. The molecule has 0 aliphatic heterocycles. The van der Waals surface area contributed by atoms with Crippen LogP contribution >= 0.6 is 34.2 Å². The van der Waals surface area contributed by atoms with Crippen LogP contribution in [-0.4, -0.2) is 4.98 Å². The smallest absolute Gasteiger partial charge is 0.240 e. The van der Waals surface area contributed by atoms with Gasteiger partial charge < -0.3 is 0 Å². The van der Waals surface area contributed by atoms with Gasteiger partial charge in [0.25, 0.3) is 6.43 Å². The second kappa shape index (κ2) is 4.84. The first-order valence-electron chi connectivity index (χ1n) is 3.53. The van der Waals surface area contributed by atoms with Gasteiger partial charge in [0.1, 0.15) is 11.8 Å². The van der Waals surface area contributed by atoms with Gasteiger partial charge >= 0.3 is 0 Å². The molecule has 0 spiro atoms. The highest BCUT2D eigenvalue weighted by atomic mass is 127. The number of halogens is 4. The van der Waals surface area contributed by atoms with Crippen molar-refractivity contribution in [3.63, 3.8) is 0 Å². The van der Waals surface area contributed by atoms with E-state index in [1.54, 1.807) is 28.7 Å². The molecule has 0 N–H and O–H groups in total. The molecule has 0 aliphatic rings. The highest BCUT2D eigenvalue weighted by Gasteiger charge is 2.16. The second-order valence-electron chi connectivity index (χ2n) is 2.40. The van der Waals surface area contributed by atoms with Gasteiger partial charge in [0.2, 0.25) is 0 Å². The SMILES string of the molecule is N#Cc1cc(C(F)F)c(I)c(CCl)n1. The van der Waals surface area contributed by atoms with E-state index in [0.29, 0.717) is 9.26 Å². The maximum Gasteiger partial charge on any atom is 0.265 e. The molecular formula is C8H4ClF2IN2. The summed E-state index contributed by atoms with van der Waals surface area (Å²) < 4.78 is 25.3. The predicted octanol–water partition coefficient (Wildman–Crippen LogP) is 3.23. The minimum atomic E-state index is -2.61. The summed E-state index contributed by atoms with van der Waals surface area (Å²) in [5.74, 6) is 0.0213. The predicted molar refractivity (Wildman–Crippen MR) is 56.2 cm³/mol. The van der Waals surface area contributed by atoms with Crippen molar-refractivity contribution in [3.8, 4) is 6.07 Å². The lowest BCUT2D eigenvalue weighted by molar-refractivity contribution is 0.150. The molecule has 1 aromatic rings. The Hall–Kier alpha value is -0.480. The topological polar surface area (TPSA) is 36.7 Å². The minimum absolute atomic E-state index is 0.0213. The summed E-state index contributed by atoms with van der Waals surface area (Å²) in [6.07, 6.45) is -2.61. The van der Waals surface area contributed by atoms with Gasteiger partial charge in [0.15, 0.2) is 0 Å². The molecule has 0 atom stereocenters. The van der Waals surface area contributed by atoms with E-state index in [4.69, 9.17) is 16.9 Å². The van der Waals surface area contributed by atoms with Crippen LogP contribution in [0, 0.1) is 14.9 Å². The molecular weight excluding hydrogens is 324 g/mol. The Kier molecular flexibility index (Phi) is 4.01. The molecule has 2 nitrogen and oxygen atoms in total. The number of alkyl halides is 3. The zero-order chi connectivity index (χ0) is 10.7. The maximum atomic E-state index is 12.5. The van der Waals surface area contributed by atoms with Crippen molar-refractivity contribution in [2.24, 2.45) is 0 Å². The zero-order valence-electron chi connectivity index (χ0n) is 6.77. The van der Waals surface area contributed by atoms with Gasteiger partial charge in [-0.1, -0.05) is 0 Å². The van der Waals surface area contributed by atoms with E-state index >= 15 is 0 Å². The summed E-state index contributed by atoms with van der Waals surface area (Å²) in [4.78, 5) is 3.82. The van der Waals surface area contributed by atoms with Gasteiger partial charge in [-0.25, -0.2) is 13.8 Å². The molecule has 0 unspecified atom stereocenters. The maximum absolute atomic E-state index is 12.5. The molecule has 0 fully saturated rings. The van der Waals surface area contributed by atoms with E-state index in [9.17, 15) is 8.78 Å². The van der Waals surface area contributed by atoms with Crippen LogP contribution < -0.4 is 0 Å². The fourth-order valence-corrected chi connectivity index (χ4v) is 2.03. The highest BCUT2D eigenvalue weighted by molar-refractivity contribution is 14.1. The van der Waals surface area contributed by atoms with Crippen LogP contribution in [0.2, 0.25) is 0 Å². The van der Waals surface area contributed by atoms with E-state index in [-0.39, 0.29) is 17.1 Å². The van der Waals surface area contributed by atoms with Gasteiger partial charge in [0.05, 0.1) is 11.6 Å². The molecule has 1 rings (SSSR count). The largest absolute Gasteiger partial charge is 0.265 e. The van der Waals surface area contributed by atoms with E-state index in [0.717, 1.165) is 6.07 Å².